The summed E-state index contributed by atoms with van der Waals surface area (Å²) in [5.41, 5.74) is 4.74. The quantitative estimate of drug-likeness (QED) is 0.673. The molecule has 4 nitrogen and oxygen atoms in total. The zero-order chi connectivity index (χ0) is 13.6. The summed E-state index contributed by atoms with van der Waals surface area (Å²) < 4.78 is 0. The summed E-state index contributed by atoms with van der Waals surface area (Å²) in [4.78, 5) is 11.9. The van der Waals surface area contributed by atoms with Crippen LogP contribution in [0.3, 0.4) is 0 Å². The molecule has 0 spiro atoms. The SMILES string of the molecule is CC1CCCC(O)(CNC(=O)C(C)CCCN)C1. The summed E-state index contributed by atoms with van der Waals surface area (Å²) in [6.45, 7) is 5.09. The van der Waals surface area contributed by atoms with Crippen LogP contribution in [0.2, 0.25) is 0 Å². The predicted octanol–water partition coefficient (Wildman–Crippen LogP) is 1.42. The molecule has 1 rings (SSSR count). The van der Waals surface area contributed by atoms with Gasteiger partial charge in [0.2, 0.25) is 5.91 Å². The lowest BCUT2D eigenvalue weighted by molar-refractivity contribution is -0.126. The van der Waals surface area contributed by atoms with E-state index in [-0.39, 0.29) is 11.8 Å². The molecule has 1 fully saturated rings. The average molecular weight is 256 g/mol. The molecule has 0 aromatic rings. The van der Waals surface area contributed by atoms with Gasteiger partial charge >= 0.3 is 0 Å². The van der Waals surface area contributed by atoms with Crippen LogP contribution >= 0.6 is 0 Å². The number of amides is 1. The van der Waals surface area contributed by atoms with Gasteiger partial charge in [-0.3, -0.25) is 4.79 Å². The summed E-state index contributed by atoms with van der Waals surface area (Å²) in [7, 11) is 0. The normalized spacial score (nSPS) is 29.9. The van der Waals surface area contributed by atoms with Crippen molar-refractivity contribution in [2.45, 2.75) is 58.0 Å². The highest BCUT2D eigenvalue weighted by Crippen LogP contribution is 2.31. The molecule has 18 heavy (non-hydrogen) atoms. The fourth-order valence-corrected chi connectivity index (χ4v) is 2.77. The molecular formula is C14H28N2O2. The van der Waals surface area contributed by atoms with Crippen LogP contribution in [-0.4, -0.2) is 29.7 Å². The van der Waals surface area contributed by atoms with Crippen LogP contribution in [0, 0.1) is 11.8 Å². The second kappa shape index (κ2) is 7.10. The number of hydrogen-bond donors (Lipinski definition) is 3. The smallest absolute Gasteiger partial charge is 0.222 e. The number of carbonyl (C=O) groups excluding carboxylic acids is 1. The Bertz CT molecular complexity index is 271. The molecule has 1 aliphatic rings. The van der Waals surface area contributed by atoms with Crippen LogP contribution in [0.4, 0.5) is 0 Å². The third kappa shape index (κ3) is 4.94. The molecule has 0 saturated heterocycles. The molecule has 0 aliphatic heterocycles. The minimum absolute atomic E-state index is 0.0156. The van der Waals surface area contributed by atoms with Crippen molar-refractivity contribution in [3.8, 4) is 0 Å². The summed E-state index contributed by atoms with van der Waals surface area (Å²) in [5.74, 6) is 0.573. The van der Waals surface area contributed by atoms with Crippen molar-refractivity contribution in [2.75, 3.05) is 13.1 Å². The van der Waals surface area contributed by atoms with Gasteiger partial charge in [-0.15, -0.1) is 0 Å². The molecule has 4 heteroatoms. The van der Waals surface area contributed by atoms with Gasteiger partial charge in [-0.05, 0) is 38.1 Å². The third-order valence-electron chi connectivity index (χ3n) is 3.95. The van der Waals surface area contributed by atoms with Gasteiger partial charge in [0.05, 0.1) is 5.60 Å². The molecule has 0 aromatic heterocycles. The van der Waals surface area contributed by atoms with Crippen molar-refractivity contribution in [1.29, 1.82) is 0 Å². The van der Waals surface area contributed by atoms with Crippen LogP contribution < -0.4 is 11.1 Å². The topological polar surface area (TPSA) is 75.3 Å². The Morgan fingerprint density at radius 1 is 1.61 bits per heavy atom. The second-order valence-corrected chi connectivity index (χ2v) is 5.98. The molecular weight excluding hydrogens is 228 g/mol. The highest BCUT2D eigenvalue weighted by Gasteiger charge is 2.33. The molecule has 106 valence electrons. The maximum atomic E-state index is 11.9. The maximum absolute atomic E-state index is 11.9. The first-order chi connectivity index (χ1) is 8.47. The van der Waals surface area contributed by atoms with Crippen molar-refractivity contribution in [3.63, 3.8) is 0 Å². The molecule has 3 atom stereocenters. The van der Waals surface area contributed by atoms with Crippen LogP contribution in [0.5, 0.6) is 0 Å². The van der Waals surface area contributed by atoms with Crippen molar-refractivity contribution in [3.05, 3.63) is 0 Å². The Labute approximate surface area is 110 Å². The van der Waals surface area contributed by atoms with Crippen molar-refractivity contribution in [2.24, 2.45) is 17.6 Å². The van der Waals surface area contributed by atoms with Crippen LogP contribution in [0.25, 0.3) is 0 Å². The predicted molar refractivity (Wildman–Crippen MR) is 73.0 cm³/mol. The zero-order valence-corrected chi connectivity index (χ0v) is 11.7. The first-order valence-corrected chi connectivity index (χ1v) is 7.17. The van der Waals surface area contributed by atoms with Gasteiger partial charge in [0.25, 0.3) is 0 Å². The fraction of sp³-hybridized carbons (Fsp3) is 0.929. The highest BCUT2D eigenvalue weighted by molar-refractivity contribution is 5.78. The van der Waals surface area contributed by atoms with Crippen LogP contribution in [-0.2, 0) is 4.79 Å². The lowest BCUT2D eigenvalue weighted by Gasteiger charge is -2.35. The van der Waals surface area contributed by atoms with E-state index in [1.54, 1.807) is 0 Å². The minimum Gasteiger partial charge on any atom is -0.388 e. The second-order valence-electron chi connectivity index (χ2n) is 5.98. The molecule has 1 amide bonds. The zero-order valence-electron chi connectivity index (χ0n) is 11.7. The number of aliphatic hydroxyl groups is 1. The van der Waals surface area contributed by atoms with E-state index >= 15 is 0 Å². The first-order valence-electron chi connectivity index (χ1n) is 7.17. The maximum Gasteiger partial charge on any atom is 0.222 e. The molecule has 1 saturated carbocycles. The van der Waals surface area contributed by atoms with E-state index in [0.717, 1.165) is 32.1 Å². The Morgan fingerprint density at radius 2 is 2.33 bits per heavy atom. The summed E-state index contributed by atoms with van der Waals surface area (Å²) in [6, 6.07) is 0. The number of rotatable bonds is 6. The van der Waals surface area contributed by atoms with Gasteiger partial charge in [0, 0.05) is 12.5 Å². The van der Waals surface area contributed by atoms with Gasteiger partial charge in [0.1, 0.15) is 0 Å². The molecule has 3 unspecified atom stereocenters. The molecule has 4 N–H and O–H groups in total. The van der Waals surface area contributed by atoms with E-state index in [1.807, 2.05) is 6.92 Å². The van der Waals surface area contributed by atoms with Crippen molar-refractivity contribution < 1.29 is 9.90 Å². The molecule has 0 bridgehead atoms. The fourth-order valence-electron chi connectivity index (χ4n) is 2.77. The van der Waals surface area contributed by atoms with E-state index in [2.05, 4.69) is 12.2 Å². The van der Waals surface area contributed by atoms with Gasteiger partial charge in [0.15, 0.2) is 0 Å². The molecule has 0 heterocycles. The first kappa shape index (κ1) is 15.4. The minimum atomic E-state index is -0.694. The van der Waals surface area contributed by atoms with Crippen LogP contribution in [0.1, 0.15) is 52.4 Å². The lowest BCUT2D eigenvalue weighted by atomic mass is 9.79. The van der Waals surface area contributed by atoms with Gasteiger partial charge < -0.3 is 16.2 Å². The Kier molecular flexibility index (Phi) is 6.09. The monoisotopic (exact) mass is 256 g/mol. The summed E-state index contributed by atoms with van der Waals surface area (Å²) >= 11 is 0. The van der Waals surface area contributed by atoms with Gasteiger partial charge in [-0.2, -0.15) is 0 Å². The Hall–Kier alpha value is -0.610. The van der Waals surface area contributed by atoms with E-state index in [9.17, 15) is 9.90 Å². The highest BCUT2D eigenvalue weighted by atomic mass is 16.3. The van der Waals surface area contributed by atoms with Gasteiger partial charge in [-0.25, -0.2) is 0 Å². The molecule has 0 aromatic carbocycles. The number of nitrogens with two attached hydrogens (primary N) is 1. The number of carbonyl (C=O) groups is 1. The largest absolute Gasteiger partial charge is 0.388 e. The Balaban J connectivity index is 2.32. The lowest BCUT2D eigenvalue weighted by Crippen LogP contribution is -2.46. The van der Waals surface area contributed by atoms with Crippen LogP contribution in [0.15, 0.2) is 0 Å². The van der Waals surface area contributed by atoms with E-state index in [0.29, 0.717) is 19.0 Å². The number of hydrogen-bond acceptors (Lipinski definition) is 3. The Morgan fingerprint density at radius 3 is 2.94 bits per heavy atom. The van der Waals surface area contributed by atoms with Crippen molar-refractivity contribution in [1.82, 2.24) is 5.32 Å². The van der Waals surface area contributed by atoms with Gasteiger partial charge in [-0.1, -0.05) is 26.7 Å². The van der Waals surface area contributed by atoms with E-state index in [1.165, 1.54) is 6.42 Å². The summed E-state index contributed by atoms with van der Waals surface area (Å²) in [6.07, 6.45) is 5.52. The van der Waals surface area contributed by atoms with E-state index < -0.39 is 5.60 Å². The third-order valence-corrected chi connectivity index (χ3v) is 3.95. The molecule has 0 radical (unpaired) electrons. The standard InChI is InChI=1S/C14H28N2O2/c1-11-5-3-7-14(18,9-11)10-16-13(17)12(2)6-4-8-15/h11-12,18H,3-10,15H2,1-2H3,(H,16,17). The van der Waals surface area contributed by atoms with E-state index in [4.69, 9.17) is 5.73 Å². The average Bonchev–Trinajstić information content (AvgIpc) is 2.32. The molecule has 1 aliphatic carbocycles. The summed E-state index contributed by atoms with van der Waals surface area (Å²) in [5, 5.41) is 13.3. The number of nitrogens with one attached hydrogen (secondary N) is 1. The van der Waals surface area contributed by atoms with Crippen molar-refractivity contribution >= 4 is 5.91 Å².